The molecule has 7 nitrogen and oxygen atoms in total. The van der Waals surface area contributed by atoms with E-state index >= 15 is 0 Å². The molecule has 1 aromatic carbocycles. The number of aliphatic carboxylic acids is 1. The first-order valence-electron chi connectivity index (χ1n) is 9.45. The summed E-state index contributed by atoms with van der Waals surface area (Å²) in [5, 5.41) is 13.7. The third-order valence-electron chi connectivity index (χ3n) is 4.79. The number of hydrogen-bond donors (Lipinski definition) is 1. The number of thiophene rings is 2. The van der Waals surface area contributed by atoms with Crippen molar-refractivity contribution in [3.8, 4) is 21.9 Å². The van der Waals surface area contributed by atoms with Gasteiger partial charge in [0.1, 0.15) is 30.4 Å². The van der Waals surface area contributed by atoms with Gasteiger partial charge in [-0.1, -0.05) is 18.2 Å². The highest BCUT2D eigenvalue weighted by Crippen LogP contribution is 2.34. The molecule has 0 saturated heterocycles. The standard InChI is InChI=1S/C22H16N2O5S2/c25-19(26)11-24-18(6-4-13-3-5-15-16(10-13)29-8-7-28-15)23-21-20(22(24)27)14(12-31-21)17-2-1-9-30-17/h1-6,9-10,12H,7-8,11H2,(H,25,26). The highest BCUT2D eigenvalue weighted by atomic mass is 32.1. The first kappa shape index (κ1) is 19.5. The molecule has 9 heteroatoms. The Balaban J connectivity index is 1.60. The Kier molecular flexibility index (Phi) is 5.05. The summed E-state index contributed by atoms with van der Waals surface area (Å²) in [7, 11) is 0. The van der Waals surface area contributed by atoms with Gasteiger partial charge in [-0.25, -0.2) is 4.98 Å². The quantitative estimate of drug-likeness (QED) is 0.488. The van der Waals surface area contributed by atoms with Gasteiger partial charge in [-0.15, -0.1) is 22.7 Å². The molecule has 0 aliphatic carbocycles. The topological polar surface area (TPSA) is 90.7 Å². The predicted octanol–water partition coefficient (Wildman–Crippen LogP) is 4.21. The van der Waals surface area contributed by atoms with Crippen LogP contribution in [-0.2, 0) is 11.3 Å². The van der Waals surface area contributed by atoms with Crippen molar-refractivity contribution in [3.63, 3.8) is 0 Å². The van der Waals surface area contributed by atoms with Gasteiger partial charge < -0.3 is 14.6 Å². The van der Waals surface area contributed by atoms with Crippen molar-refractivity contribution in [1.29, 1.82) is 0 Å². The van der Waals surface area contributed by atoms with Gasteiger partial charge in [-0.3, -0.25) is 14.2 Å². The van der Waals surface area contributed by atoms with Gasteiger partial charge in [0, 0.05) is 15.8 Å². The number of benzene rings is 1. The van der Waals surface area contributed by atoms with Crippen LogP contribution in [0.2, 0.25) is 0 Å². The maximum Gasteiger partial charge on any atom is 0.323 e. The van der Waals surface area contributed by atoms with Crippen LogP contribution in [0, 0.1) is 0 Å². The number of hydrogen-bond acceptors (Lipinski definition) is 7. The maximum absolute atomic E-state index is 13.3. The summed E-state index contributed by atoms with van der Waals surface area (Å²) in [6.07, 6.45) is 3.43. The molecule has 1 N–H and O–H groups in total. The average molecular weight is 453 g/mol. The van der Waals surface area contributed by atoms with Gasteiger partial charge >= 0.3 is 5.97 Å². The van der Waals surface area contributed by atoms with Crippen LogP contribution >= 0.6 is 22.7 Å². The van der Waals surface area contributed by atoms with Gasteiger partial charge in [0.25, 0.3) is 5.56 Å². The zero-order valence-corrected chi connectivity index (χ0v) is 17.7. The molecule has 5 rings (SSSR count). The van der Waals surface area contributed by atoms with Crippen LogP contribution in [0.1, 0.15) is 11.4 Å². The van der Waals surface area contributed by atoms with Crippen molar-refractivity contribution < 1.29 is 19.4 Å². The Hall–Kier alpha value is -3.43. The van der Waals surface area contributed by atoms with Gasteiger partial charge in [-0.05, 0) is 35.2 Å². The lowest BCUT2D eigenvalue weighted by Crippen LogP contribution is -2.27. The molecule has 0 amide bonds. The molecule has 0 atom stereocenters. The van der Waals surface area contributed by atoms with Crippen molar-refractivity contribution >= 4 is 51.0 Å². The Morgan fingerprint density at radius 2 is 2.00 bits per heavy atom. The fraction of sp³-hybridized carbons (Fsp3) is 0.136. The SMILES string of the molecule is O=C(O)Cn1c(C=Cc2ccc3c(c2)OCCO3)nc2scc(-c3cccs3)c2c1=O. The molecule has 4 aromatic rings. The van der Waals surface area contributed by atoms with E-state index in [-0.39, 0.29) is 11.4 Å². The Bertz CT molecular complexity index is 1370. The summed E-state index contributed by atoms with van der Waals surface area (Å²) < 4.78 is 12.3. The zero-order chi connectivity index (χ0) is 21.4. The fourth-order valence-electron chi connectivity index (χ4n) is 3.40. The summed E-state index contributed by atoms with van der Waals surface area (Å²) in [6.45, 7) is 0.533. The average Bonchev–Trinajstić information content (AvgIpc) is 3.44. The van der Waals surface area contributed by atoms with Gasteiger partial charge in [0.15, 0.2) is 11.5 Å². The summed E-state index contributed by atoms with van der Waals surface area (Å²) >= 11 is 2.90. The van der Waals surface area contributed by atoms with Crippen LogP contribution in [0.4, 0.5) is 0 Å². The number of nitrogens with zero attached hydrogens (tertiary/aromatic N) is 2. The number of carboxylic acid groups (broad SMARTS) is 1. The zero-order valence-electron chi connectivity index (χ0n) is 16.1. The molecule has 0 bridgehead atoms. The smallest absolute Gasteiger partial charge is 0.323 e. The highest BCUT2D eigenvalue weighted by molar-refractivity contribution is 7.18. The van der Waals surface area contributed by atoms with Gasteiger partial charge in [-0.2, -0.15) is 0 Å². The third-order valence-corrected chi connectivity index (χ3v) is 6.57. The molecule has 4 heterocycles. The number of carbonyl (C=O) groups is 1. The molecule has 0 unspecified atom stereocenters. The number of fused-ring (bicyclic) bond motifs is 2. The second kappa shape index (κ2) is 8.01. The second-order valence-electron chi connectivity index (χ2n) is 6.80. The van der Waals surface area contributed by atoms with Crippen molar-refractivity contribution in [2.75, 3.05) is 13.2 Å². The van der Waals surface area contributed by atoms with Crippen LogP contribution in [-0.4, -0.2) is 33.8 Å². The minimum absolute atomic E-state index is 0.286. The molecule has 1 aliphatic heterocycles. The summed E-state index contributed by atoms with van der Waals surface area (Å²) in [4.78, 5) is 30.9. The maximum atomic E-state index is 13.3. The van der Waals surface area contributed by atoms with E-state index in [0.717, 1.165) is 16.0 Å². The van der Waals surface area contributed by atoms with Crippen molar-refractivity contribution in [2.24, 2.45) is 0 Å². The van der Waals surface area contributed by atoms with E-state index in [0.29, 0.717) is 34.9 Å². The summed E-state index contributed by atoms with van der Waals surface area (Å²) in [5.74, 6) is 0.517. The molecule has 0 saturated carbocycles. The third kappa shape index (κ3) is 3.73. The molecule has 1 aliphatic rings. The van der Waals surface area contributed by atoms with Crippen LogP contribution < -0.4 is 15.0 Å². The minimum atomic E-state index is -1.11. The lowest BCUT2D eigenvalue weighted by Gasteiger charge is -2.18. The Morgan fingerprint density at radius 1 is 1.16 bits per heavy atom. The lowest BCUT2D eigenvalue weighted by atomic mass is 10.1. The van der Waals surface area contributed by atoms with E-state index in [1.807, 2.05) is 41.1 Å². The van der Waals surface area contributed by atoms with E-state index in [1.165, 1.54) is 27.2 Å². The van der Waals surface area contributed by atoms with Crippen LogP contribution in [0.15, 0.2) is 45.9 Å². The molecule has 156 valence electrons. The Morgan fingerprint density at radius 3 is 2.77 bits per heavy atom. The number of aromatic nitrogens is 2. The minimum Gasteiger partial charge on any atom is -0.486 e. The van der Waals surface area contributed by atoms with Crippen LogP contribution in [0.3, 0.4) is 0 Å². The van der Waals surface area contributed by atoms with Crippen molar-refractivity contribution in [1.82, 2.24) is 9.55 Å². The molecule has 0 radical (unpaired) electrons. The molecule has 0 fully saturated rings. The largest absolute Gasteiger partial charge is 0.486 e. The molecule has 3 aromatic heterocycles. The fourth-order valence-corrected chi connectivity index (χ4v) is 5.16. The molecular weight excluding hydrogens is 436 g/mol. The highest BCUT2D eigenvalue weighted by Gasteiger charge is 2.18. The van der Waals surface area contributed by atoms with Crippen molar-refractivity contribution in [2.45, 2.75) is 6.54 Å². The van der Waals surface area contributed by atoms with E-state index in [4.69, 9.17) is 9.47 Å². The number of carboxylic acids is 1. The predicted molar refractivity (Wildman–Crippen MR) is 121 cm³/mol. The number of rotatable bonds is 5. The molecular formula is C22H16N2O5S2. The summed E-state index contributed by atoms with van der Waals surface area (Å²) in [6, 6.07) is 9.37. The first-order valence-corrected chi connectivity index (χ1v) is 11.2. The second-order valence-corrected chi connectivity index (χ2v) is 8.60. The Labute approximate surface area is 184 Å². The van der Waals surface area contributed by atoms with Crippen LogP contribution in [0.25, 0.3) is 32.8 Å². The van der Waals surface area contributed by atoms with Gasteiger partial charge in [0.2, 0.25) is 0 Å². The van der Waals surface area contributed by atoms with E-state index < -0.39 is 12.5 Å². The van der Waals surface area contributed by atoms with E-state index in [2.05, 4.69) is 4.98 Å². The van der Waals surface area contributed by atoms with E-state index in [9.17, 15) is 14.7 Å². The number of ether oxygens (including phenoxy) is 2. The van der Waals surface area contributed by atoms with E-state index in [1.54, 1.807) is 12.2 Å². The van der Waals surface area contributed by atoms with Crippen LogP contribution in [0.5, 0.6) is 11.5 Å². The normalized spacial score (nSPS) is 13.2. The molecule has 0 spiro atoms. The monoisotopic (exact) mass is 452 g/mol. The first-order chi connectivity index (χ1) is 15.1. The summed E-state index contributed by atoms with van der Waals surface area (Å²) in [5.41, 5.74) is 1.25. The van der Waals surface area contributed by atoms with Crippen molar-refractivity contribution in [3.05, 3.63) is 62.8 Å². The van der Waals surface area contributed by atoms with Gasteiger partial charge in [0.05, 0.1) is 5.39 Å². The molecule has 31 heavy (non-hydrogen) atoms. The lowest BCUT2D eigenvalue weighted by molar-refractivity contribution is -0.137.